The topological polar surface area (TPSA) is 3.24 Å². The van der Waals surface area contributed by atoms with E-state index in [1.807, 2.05) is 6.07 Å². The molecule has 0 aliphatic rings. The zero-order valence-electron chi connectivity index (χ0n) is 11.7. The third kappa shape index (κ3) is 4.38. The van der Waals surface area contributed by atoms with Gasteiger partial charge in [0.25, 0.3) is 0 Å². The van der Waals surface area contributed by atoms with Crippen LogP contribution < -0.4 is 0 Å². The van der Waals surface area contributed by atoms with E-state index in [0.717, 1.165) is 13.0 Å². The molecule has 0 bridgehead atoms. The predicted octanol–water partition coefficient (Wildman–Crippen LogP) is 4.32. The Labute approximate surface area is 116 Å². The van der Waals surface area contributed by atoms with Gasteiger partial charge >= 0.3 is 0 Å². The lowest BCUT2D eigenvalue weighted by atomic mass is 10.0. The average Bonchev–Trinajstić information content (AvgIpc) is 2.45. The van der Waals surface area contributed by atoms with E-state index >= 15 is 0 Å². The second-order valence-electron chi connectivity index (χ2n) is 4.98. The van der Waals surface area contributed by atoms with Gasteiger partial charge in [0, 0.05) is 6.54 Å². The van der Waals surface area contributed by atoms with E-state index in [-0.39, 0.29) is 0 Å². The molecule has 0 saturated carbocycles. The van der Waals surface area contributed by atoms with Crippen molar-refractivity contribution in [3.63, 3.8) is 0 Å². The summed E-state index contributed by atoms with van der Waals surface area (Å²) >= 11 is 0. The summed E-state index contributed by atoms with van der Waals surface area (Å²) in [5.74, 6) is 0. The maximum Gasteiger partial charge on any atom is 0.000992 e. The Morgan fingerprint density at radius 2 is 1.47 bits per heavy atom. The zero-order chi connectivity index (χ0) is 13.5. The van der Waals surface area contributed by atoms with Crippen molar-refractivity contribution in [2.75, 3.05) is 20.6 Å². The first-order valence-corrected chi connectivity index (χ1v) is 6.72. The van der Waals surface area contributed by atoms with Crippen LogP contribution in [0.5, 0.6) is 0 Å². The van der Waals surface area contributed by atoms with Gasteiger partial charge in [-0.25, -0.2) is 0 Å². The highest BCUT2D eigenvalue weighted by Crippen LogP contribution is 2.19. The van der Waals surface area contributed by atoms with Crippen LogP contribution in [-0.4, -0.2) is 25.5 Å². The fourth-order valence-corrected chi connectivity index (χ4v) is 1.97. The van der Waals surface area contributed by atoms with E-state index in [1.54, 1.807) is 0 Å². The van der Waals surface area contributed by atoms with Crippen molar-refractivity contribution < 1.29 is 0 Å². The van der Waals surface area contributed by atoms with E-state index in [4.69, 9.17) is 0 Å². The van der Waals surface area contributed by atoms with Gasteiger partial charge in [-0.2, -0.15) is 0 Å². The Hall–Kier alpha value is -1.86. The minimum Gasteiger partial charge on any atom is -0.309 e. The van der Waals surface area contributed by atoms with E-state index in [2.05, 4.69) is 79.7 Å². The summed E-state index contributed by atoms with van der Waals surface area (Å²) in [6, 6.07) is 19.2. The predicted molar refractivity (Wildman–Crippen MR) is 84.1 cm³/mol. The van der Waals surface area contributed by atoms with Gasteiger partial charge in [-0.15, -0.1) is 0 Å². The van der Waals surface area contributed by atoms with Crippen LogP contribution in [0.1, 0.15) is 12.0 Å². The highest BCUT2D eigenvalue weighted by molar-refractivity contribution is 5.65. The lowest BCUT2D eigenvalue weighted by Gasteiger charge is -2.05. The van der Waals surface area contributed by atoms with Gasteiger partial charge in [-0.3, -0.25) is 0 Å². The quantitative estimate of drug-likeness (QED) is 0.765. The third-order valence-corrected chi connectivity index (χ3v) is 3.07. The molecule has 1 nitrogen and oxygen atoms in total. The summed E-state index contributed by atoms with van der Waals surface area (Å²) in [7, 11) is 4.20. The largest absolute Gasteiger partial charge is 0.309 e. The number of rotatable bonds is 5. The van der Waals surface area contributed by atoms with Gasteiger partial charge in [0.2, 0.25) is 0 Å². The van der Waals surface area contributed by atoms with Crippen molar-refractivity contribution in [2.24, 2.45) is 0 Å². The minimum atomic E-state index is 1.09. The van der Waals surface area contributed by atoms with Crippen LogP contribution in [0.3, 0.4) is 0 Å². The Balaban J connectivity index is 1.99. The zero-order valence-corrected chi connectivity index (χ0v) is 11.7. The van der Waals surface area contributed by atoms with Crippen LogP contribution in [-0.2, 0) is 0 Å². The molecule has 0 aliphatic heterocycles. The van der Waals surface area contributed by atoms with Crippen molar-refractivity contribution in [1.82, 2.24) is 4.90 Å². The molecule has 1 heteroatoms. The monoisotopic (exact) mass is 251 g/mol. The van der Waals surface area contributed by atoms with Crippen LogP contribution in [0.2, 0.25) is 0 Å². The summed E-state index contributed by atoms with van der Waals surface area (Å²) in [6.07, 6.45) is 5.52. The molecule has 0 radical (unpaired) electrons. The molecule has 0 saturated heterocycles. The summed E-state index contributed by atoms with van der Waals surface area (Å²) in [5.41, 5.74) is 3.80. The summed E-state index contributed by atoms with van der Waals surface area (Å²) in [5, 5.41) is 0. The molecular formula is C18H21N. The standard InChI is InChI=1S/C18H21N/c1-19(2)15-7-6-8-16-11-13-18(14-12-16)17-9-4-3-5-10-17/h3-6,8-14H,7,15H2,1-2H3. The SMILES string of the molecule is CN(C)CCC=Cc1ccc(-c2ccccc2)cc1. The van der Waals surface area contributed by atoms with Crippen molar-refractivity contribution >= 4 is 6.08 Å². The van der Waals surface area contributed by atoms with Crippen molar-refractivity contribution in [3.05, 3.63) is 66.2 Å². The molecule has 0 amide bonds. The van der Waals surface area contributed by atoms with Crippen molar-refractivity contribution in [2.45, 2.75) is 6.42 Å². The Kier molecular flexibility index (Phi) is 4.93. The fourth-order valence-electron chi connectivity index (χ4n) is 1.97. The van der Waals surface area contributed by atoms with Gasteiger partial charge < -0.3 is 4.90 Å². The summed E-state index contributed by atoms with van der Waals surface area (Å²) < 4.78 is 0. The maximum absolute atomic E-state index is 2.23. The smallest absolute Gasteiger partial charge is 0.000992 e. The number of benzene rings is 2. The molecule has 2 rings (SSSR count). The van der Waals surface area contributed by atoms with E-state index in [9.17, 15) is 0 Å². The average molecular weight is 251 g/mol. The molecule has 19 heavy (non-hydrogen) atoms. The van der Waals surface area contributed by atoms with Gasteiger partial charge in [0.05, 0.1) is 0 Å². The highest BCUT2D eigenvalue weighted by atomic mass is 15.0. The van der Waals surface area contributed by atoms with Crippen LogP contribution in [0.25, 0.3) is 17.2 Å². The second kappa shape index (κ2) is 6.91. The first-order chi connectivity index (χ1) is 9.25. The molecule has 2 aromatic rings. The molecule has 0 atom stereocenters. The molecule has 2 aromatic carbocycles. The van der Waals surface area contributed by atoms with Crippen LogP contribution in [0, 0.1) is 0 Å². The first kappa shape index (κ1) is 13.6. The molecular weight excluding hydrogens is 230 g/mol. The van der Waals surface area contributed by atoms with Crippen LogP contribution in [0.15, 0.2) is 60.7 Å². The number of hydrogen-bond acceptors (Lipinski definition) is 1. The maximum atomic E-state index is 2.23. The first-order valence-electron chi connectivity index (χ1n) is 6.72. The Bertz CT molecular complexity index is 509. The molecule has 0 spiro atoms. The summed E-state index contributed by atoms with van der Waals surface area (Å²) in [4.78, 5) is 2.20. The number of nitrogens with zero attached hydrogens (tertiary/aromatic N) is 1. The van der Waals surface area contributed by atoms with Crippen LogP contribution >= 0.6 is 0 Å². The van der Waals surface area contributed by atoms with E-state index in [1.165, 1.54) is 16.7 Å². The molecule has 0 aromatic heterocycles. The Morgan fingerprint density at radius 3 is 2.11 bits per heavy atom. The highest BCUT2D eigenvalue weighted by Gasteiger charge is 1.95. The van der Waals surface area contributed by atoms with Crippen molar-refractivity contribution in [1.29, 1.82) is 0 Å². The van der Waals surface area contributed by atoms with Gasteiger partial charge in [-0.05, 0) is 37.2 Å². The summed E-state index contributed by atoms with van der Waals surface area (Å²) in [6.45, 7) is 1.10. The second-order valence-corrected chi connectivity index (χ2v) is 4.98. The Morgan fingerprint density at radius 1 is 0.842 bits per heavy atom. The van der Waals surface area contributed by atoms with Crippen molar-refractivity contribution in [3.8, 4) is 11.1 Å². The molecule has 0 N–H and O–H groups in total. The van der Waals surface area contributed by atoms with Gasteiger partial charge in [0.1, 0.15) is 0 Å². The lowest BCUT2D eigenvalue weighted by molar-refractivity contribution is 0.417. The normalized spacial score (nSPS) is 11.3. The molecule has 98 valence electrons. The molecule has 0 heterocycles. The minimum absolute atomic E-state index is 1.09. The lowest BCUT2D eigenvalue weighted by Crippen LogP contribution is -2.11. The number of hydrogen-bond donors (Lipinski definition) is 0. The van der Waals surface area contributed by atoms with Gasteiger partial charge in [-0.1, -0.05) is 66.7 Å². The molecule has 0 fully saturated rings. The molecule has 0 aliphatic carbocycles. The van der Waals surface area contributed by atoms with E-state index in [0.29, 0.717) is 0 Å². The van der Waals surface area contributed by atoms with E-state index < -0.39 is 0 Å². The third-order valence-electron chi connectivity index (χ3n) is 3.07. The van der Waals surface area contributed by atoms with Gasteiger partial charge in [0.15, 0.2) is 0 Å². The van der Waals surface area contributed by atoms with Crippen LogP contribution in [0.4, 0.5) is 0 Å². The molecule has 0 unspecified atom stereocenters. The fraction of sp³-hybridized carbons (Fsp3) is 0.222.